The fraction of sp³-hybridized carbons (Fsp3) is 0.324. The van der Waals surface area contributed by atoms with Gasteiger partial charge in [0.25, 0.3) is 0 Å². The Morgan fingerprint density at radius 1 is 0.787 bits per heavy atom. The maximum atomic E-state index is 13.3. The maximum Gasteiger partial charge on any atom is 0.490 e. The minimum absolute atomic E-state index is 0.103. The zero-order valence-electron chi connectivity index (χ0n) is 25.1. The van der Waals surface area contributed by atoms with Crippen LogP contribution in [0.15, 0.2) is 72.8 Å². The van der Waals surface area contributed by atoms with Crippen molar-refractivity contribution in [2.24, 2.45) is 5.73 Å². The minimum atomic E-state index is -5.28. The van der Waals surface area contributed by atoms with Crippen molar-refractivity contribution in [1.82, 2.24) is 10.6 Å². The largest absolute Gasteiger partial charge is 0.490 e. The van der Waals surface area contributed by atoms with Crippen molar-refractivity contribution in [2.45, 2.75) is 62.4 Å². The first kappa shape index (κ1) is 33.3. The fourth-order valence-corrected chi connectivity index (χ4v) is 5.83. The van der Waals surface area contributed by atoms with E-state index in [0.29, 0.717) is 53.6 Å². The van der Waals surface area contributed by atoms with E-state index in [1.807, 2.05) is 0 Å². The zero-order chi connectivity index (χ0) is 33.7. The van der Waals surface area contributed by atoms with Crippen LogP contribution < -0.4 is 21.7 Å². The van der Waals surface area contributed by atoms with Gasteiger partial charge in [0.2, 0.25) is 11.8 Å². The molecule has 5 rings (SSSR count). The van der Waals surface area contributed by atoms with Gasteiger partial charge in [0, 0.05) is 34.5 Å². The quantitative estimate of drug-likeness (QED) is 0.190. The van der Waals surface area contributed by atoms with Gasteiger partial charge in [-0.15, -0.1) is 0 Å². The molecule has 5 N–H and O–H groups in total. The highest BCUT2D eigenvalue weighted by Gasteiger charge is 2.42. The highest BCUT2D eigenvalue weighted by molar-refractivity contribution is 6.30. The molecular formula is C34H33F3N4O6. The standard InChI is InChI=1S/C34H33F3N4O6/c35-34(36,37)33(46)47-18-27(41-31(44)25(38)17-19-7-2-1-3-8-19)32(45)40-21-15-13-20(14-16-21)39-26-12-6-11-24-28(26)30(43)23-10-5-4-9-22(23)29(24)42/h1-12,20-21,25,27,39H,13-18,38H2,(H,40,45)(H,41,44)/t20?,21?,25-,27-/m0/s1. The third-order valence-corrected chi connectivity index (χ3v) is 8.27. The van der Waals surface area contributed by atoms with Crippen LogP contribution in [0.25, 0.3) is 0 Å². The Labute approximate surface area is 268 Å². The van der Waals surface area contributed by atoms with Crippen molar-refractivity contribution < 1.29 is 41.9 Å². The summed E-state index contributed by atoms with van der Waals surface area (Å²) in [5, 5.41) is 8.44. The monoisotopic (exact) mass is 650 g/mol. The molecule has 0 saturated heterocycles. The van der Waals surface area contributed by atoms with Crippen LogP contribution in [0.4, 0.5) is 18.9 Å². The molecule has 2 aliphatic rings. The molecule has 0 radical (unpaired) electrons. The highest BCUT2D eigenvalue weighted by atomic mass is 19.4. The van der Waals surface area contributed by atoms with Gasteiger partial charge in [-0.25, -0.2) is 4.79 Å². The molecular weight excluding hydrogens is 617 g/mol. The Hall–Kier alpha value is -5.04. The number of fused-ring (bicyclic) bond motifs is 2. The molecule has 13 heteroatoms. The number of halogens is 3. The number of carbonyl (C=O) groups is 5. The number of anilines is 1. The number of hydrogen-bond acceptors (Lipinski definition) is 8. The average Bonchev–Trinajstić information content (AvgIpc) is 3.06. The molecule has 0 bridgehead atoms. The van der Waals surface area contributed by atoms with Crippen molar-refractivity contribution in [3.05, 3.63) is 101 Å². The lowest BCUT2D eigenvalue weighted by Crippen LogP contribution is -2.56. The Morgan fingerprint density at radius 3 is 2.04 bits per heavy atom. The number of nitrogens with two attached hydrogens (primary N) is 1. The summed E-state index contributed by atoms with van der Waals surface area (Å²) in [7, 11) is 0. The van der Waals surface area contributed by atoms with Crippen LogP contribution in [0.1, 0.15) is 63.1 Å². The molecule has 1 fully saturated rings. The van der Waals surface area contributed by atoms with Crippen LogP contribution in [0, 0.1) is 0 Å². The summed E-state index contributed by atoms with van der Waals surface area (Å²) in [5.74, 6) is -4.59. The third kappa shape index (κ3) is 7.86. The summed E-state index contributed by atoms with van der Waals surface area (Å²) in [5.41, 5.74) is 8.59. The van der Waals surface area contributed by atoms with Crippen LogP contribution in [0.3, 0.4) is 0 Å². The van der Waals surface area contributed by atoms with Gasteiger partial charge >= 0.3 is 12.1 Å². The number of carbonyl (C=O) groups excluding carboxylic acids is 5. The van der Waals surface area contributed by atoms with Crippen molar-refractivity contribution >= 4 is 35.0 Å². The van der Waals surface area contributed by atoms with E-state index in [2.05, 4.69) is 20.7 Å². The van der Waals surface area contributed by atoms with E-state index in [4.69, 9.17) is 5.73 Å². The maximum absolute atomic E-state index is 13.3. The van der Waals surface area contributed by atoms with E-state index >= 15 is 0 Å². The first-order valence-corrected chi connectivity index (χ1v) is 15.1. The van der Waals surface area contributed by atoms with E-state index < -0.39 is 48.7 Å². The normalized spacial score (nSPS) is 18.6. The second-order valence-corrected chi connectivity index (χ2v) is 11.6. The number of amides is 2. The minimum Gasteiger partial charge on any atom is -0.456 e. The molecule has 2 amide bonds. The van der Waals surface area contributed by atoms with Gasteiger partial charge in [0.05, 0.1) is 11.6 Å². The van der Waals surface area contributed by atoms with Gasteiger partial charge in [-0.3, -0.25) is 19.2 Å². The molecule has 0 aliphatic heterocycles. The molecule has 0 heterocycles. The number of hydrogen-bond donors (Lipinski definition) is 4. The molecule has 3 aromatic rings. The molecule has 10 nitrogen and oxygen atoms in total. The number of benzene rings is 3. The van der Waals surface area contributed by atoms with Crippen molar-refractivity contribution in [3.8, 4) is 0 Å². The van der Waals surface area contributed by atoms with Gasteiger partial charge < -0.3 is 26.4 Å². The SMILES string of the molecule is N[C@@H](Cc1ccccc1)C(=O)N[C@@H](COC(=O)C(F)(F)F)C(=O)NC1CCC(Nc2cccc3c2C(=O)c2ccccc2C3=O)CC1. The fourth-order valence-electron chi connectivity index (χ4n) is 5.83. The number of rotatable bonds is 10. The summed E-state index contributed by atoms with van der Waals surface area (Å²) in [6, 6.07) is 17.3. The molecule has 246 valence electrons. The van der Waals surface area contributed by atoms with Gasteiger partial charge in [-0.1, -0.05) is 66.7 Å². The van der Waals surface area contributed by atoms with Gasteiger partial charge in [-0.2, -0.15) is 13.2 Å². The summed E-state index contributed by atoms with van der Waals surface area (Å²) in [4.78, 5) is 63.7. The molecule has 47 heavy (non-hydrogen) atoms. The van der Waals surface area contributed by atoms with Gasteiger partial charge in [0.1, 0.15) is 12.6 Å². The summed E-state index contributed by atoms with van der Waals surface area (Å²) in [6.45, 7) is -1.04. The average molecular weight is 651 g/mol. The molecule has 0 aromatic heterocycles. The topological polar surface area (TPSA) is 157 Å². The van der Waals surface area contributed by atoms with Gasteiger partial charge in [-0.05, 0) is 43.7 Å². The highest BCUT2D eigenvalue weighted by Crippen LogP contribution is 2.33. The number of esters is 1. The van der Waals surface area contributed by atoms with Crippen LogP contribution >= 0.6 is 0 Å². The molecule has 2 atom stereocenters. The smallest absolute Gasteiger partial charge is 0.456 e. The number of alkyl halides is 3. The Kier molecular flexibility index (Phi) is 10.0. The molecule has 0 unspecified atom stereocenters. The van der Waals surface area contributed by atoms with Crippen LogP contribution in [-0.4, -0.2) is 66.3 Å². The van der Waals surface area contributed by atoms with E-state index in [9.17, 15) is 37.1 Å². The van der Waals surface area contributed by atoms with Crippen LogP contribution in [0.5, 0.6) is 0 Å². The Bertz CT molecular complexity index is 1670. The summed E-state index contributed by atoms with van der Waals surface area (Å²) < 4.78 is 42.6. The van der Waals surface area contributed by atoms with Crippen molar-refractivity contribution in [2.75, 3.05) is 11.9 Å². The van der Waals surface area contributed by atoms with Crippen LogP contribution in [0.2, 0.25) is 0 Å². The van der Waals surface area contributed by atoms with E-state index in [-0.39, 0.29) is 24.0 Å². The Morgan fingerprint density at radius 2 is 1.38 bits per heavy atom. The first-order valence-electron chi connectivity index (χ1n) is 15.1. The molecule has 1 saturated carbocycles. The number of ether oxygens (including phenoxy) is 1. The third-order valence-electron chi connectivity index (χ3n) is 8.27. The van der Waals surface area contributed by atoms with E-state index in [1.165, 1.54) is 0 Å². The Balaban J connectivity index is 1.20. The summed E-state index contributed by atoms with van der Waals surface area (Å²) in [6.07, 6.45) is -3.14. The van der Waals surface area contributed by atoms with Crippen molar-refractivity contribution in [3.63, 3.8) is 0 Å². The first-order chi connectivity index (χ1) is 22.4. The lowest BCUT2D eigenvalue weighted by atomic mass is 9.83. The molecule has 2 aliphatic carbocycles. The van der Waals surface area contributed by atoms with Gasteiger partial charge in [0.15, 0.2) is 11.6 Å². The van der Waals surface area contributed by atoms with Crippen molar-refractivity contribution in [1.29, 1.82) is 0 Å². The lowest BCUT2D eigenvalue weighted by molar-refractivity contribution is -0.200. The second kappa shape index (κ2) is 14.2. The van der Waals surface area contributed by atoms with E-state index in [0.717, 1.165) is 5.56 Å². The predicted molar refractivity (Wildman–Crippen MR) is 165 cm³/mol. The molecule has 0 spiro atoms. The van der Waals surface area contributed by atoms with Crippen LogP contribution in [-0.2, 0) is 25.5 Å². The second-order valence-electron chi connectivity index (χ2n) is 11.6. The molecule has 3 aromatic carbocycles. The number of nitrogens with one attached hydrogen (secondary N) is 3. The lowest BCUT2D eigenvalue weighted by Gasteiger charge is -2.32. The predicted octanol–water partition coefficient (Wildman–Crippen LogP) is 3.46. The number of ketones is 2. The van der Waals surface area contributed by atoms with E-state index in [1.54, 1.807) is 72.8 Å². The summed E-state index contributed by atoms with van der Waals surface area (Å²) >= 11 is 0. The zero-order valence-corrected chi connectivity index (χ0v) is 25.1.